The minimum absolute atomic E-state index is 0.0338. The summed E-state index contributed by atoms with van der Waals surface area (Å²) in [6.07, 6.45) is 1.99. The van der Waals surface area contributed by atoms with Crippen LogP contribution < -0.4 is 10.1 Å². The average Bonchev–Trinajstić information content (AvgIpc) is 3.18. The predicted molar refractivity (Wildman–Crippen MR) is 121 cm³/mol. The van der Waals surface area contributed by atoms with Crippen molar-refractivity contribution in [1.82, 2.24) is 10.3 Å². The molecular weight excluding hydrogens is 396 g/mol. The number of nitrogens with one attached hydrogen (secondary N) is 2. The van der Waals surface area contributed by atoms with Gasteiger partial charge in [0.05, 0.1) is 0 Å². The smallest absolute Gasteiger partial charge is 0.257 e. The Hall–Kier alpha value is -3.24. The molecule has 1 atom stereocenters. The van der Waals surface area contributed by atoms with Gasteiger partial charge in [0.15, 0.2) is 6.61 Å². The van der Waals surface area contributed by atoms with Crippen LogP contribution in [0.5, 0.6) is 5.75 Å². The maximum atomic E-state index is 12.5. The molecule has 1 heterocycles. The van der Waals surface area contributed by atoms with Crippen molar-refractivity contribution < 1.29 is 9.53 Å². The lowest BCUT2D eigenvalue weighted by Gasteiger charge is -2.19. The summed E-state index contributed by atoms with van der Waals surface area (Å²) >= 11 is 6.51. The number of carbonyl (C=O) groups is 1. The van der Waals surface area contributed by atoms with E-state index < -0.39 is 0 Å². The highest BCUT2D eigenvalue weighted by atomic mass is 35.5. The molecule has 4 rings (SSSR count). The van der Waals surface area contributed by atoms with Crippen LogP contribution in [0.25, 0.3) is 10.9 Å². The van der Waals surface area contributed by atoms with E-state index in [0.717, 1.165) is 27.6 Å². The van der Waals surface area contributed by atoms with E-state index in [1.165, 1.54) is 0 Å². The van der Waals surface area contributed by atoms with Gasteiger partial charge in [-0.25, -0.2) is 0 Å². The van der Waals surface area contributed by atoms with Gasteiger partial charge in [-0.05, 0) is 41.8 Å². The highest BCUT2D eigenvalue weighted by Crippen LogP contribution is 2.34. The Balaban J connectivity index is 1.53. The van der Waals surface area contributed by atoms with Gasteiger partial charge in [-0.1, -0.05) is 66.2 Å². The molecule has 0 saturated heterocycles. The number of aryl methyl sites for hydroxylation is 1. The molecule has 0 bridgehead atoms. The first-order valence-corrected chi connectivity index (χ1v) is 10.3. The number of hydrogen-bond donors (Lipinski definition) is 2. The van der Waals surface area contributed by atoms with Crippen molar-refractivity contribution in [3.05, 3.63) is 101 Å². The van der Waals surface area contributed by atoms with Crippen molar-refractivity contribution in [2.75, 3.05) is 13.2 Å². The van der Waals surface area contributed by atoms with E-state index in [4.69, 9.17) is 16.3 Å². The summed E-state index contributed by atoms with van der Waals surface area (Å²) in [5.41, 5.74) is 4.12. The predicted octanol–water partition coefficient (Wildman–Crippen LogP) is 5.46. The minimum Gasteiger partial charge on any atom is -0.484 e. The lowest BCUT2D eigenvalue weighted by Crippen LogP contribution is -2.33. The van der Waals surface area contributed by atoms with Crippen LogP contribution >= 0.6 is 11.6 Å². The highest BCUT2D eigenvalue weighted by Gasteiger charge is 2.21. The van der Waals surface area contributed by atoms with Crippen LogP contribution in [0.4, 0.5) is 0 Å². The van der Waals surface area contributed by atoms with Crippen LogP contribution in [0.1, 0.15) is 22.6 Å². The molecule has 0 aliphatic carbocycles. The summed E-state index contributed by atoms with van der Waals surface area (Å²) in [6.45, 7) is 2.34. The Bertz CT molecular complexity index is 1170. The van der Waals surface area contributed by atoms with Crippen molar-refractivity contribution in [1.29, 1.82) is 0 Å². The number of para-hydroxylation sites is 2. The summed E-state index contributed by atoms with van der Waals surface area (Å²) in [7, 11) is 0. The van der Waals surface area contributed by atoms with E-state index >= 15 is 0 Å². The third-order valence-electron chi connectivity index (χ3n) is 5.23. The fourth-order valence-corrected chi connectivity index (χ4v) is 3.92. The number of carbonyl (C=O) groups excluding carboxylic acids is 1. The molecule has 0 aliphatic heterocycles. The van der Waals surface area contributed by atoms with Crippen LogP contribution in [0.2, 0.25) is 5.02 Å². The number of H-pyrrole nitrogens is 1. The first kappa shape index (κ1) is 20.0. The molecule has 1 amide bonds. The summed E-state index contributed by atoms with van der Waals surface area (Å²) in [6, 6.07) is 23.5. The highest BCUT2D eigenvalue weighted by molar-refractivity contribution is 6.31. The van der Waals surface area contributed by atoms with E-state index in [9.17, 15) is 4.79 Å². The summed E-state index contributed by atoms with van der Waals surface area (Å²) < 4.78 is 5.68. The largest absolute Gasteiger partial charge is 0.484 e. The number of aromatic nitrogens is 1. The Morgan fingerprint density at radius 3 is 2.57 bits per heavy atom. The molecule has 5 heteroatoms. The number of ether oxygens (including phenoxy) is 1. The van der Waals surface area contributed by atoms with Crippen molar-refractivity contribution in [3.8, 4) is 5.75 Å². The summed E-state index contributed by atoms with van der Waals surface area (Å²) in [5.74, 6) is 0.458. The van der Waals surface area contributed by atoms with Crippen molar-refractivity contribution in [2.45, 2.75) is 12.8 Å². The lowest BCUT2D eigenvalue weighted by atomic mass is 9.91. The average molecular weight is 419 g/mol. The maximum absolute atomic E-state index is 12.5. The lowest BCUT2D eigenvalue weighted by molar-refractivity contribution is -0.123. The third kappa shape index (κ3) is 4.34. The molecule has 4 nitrogen and oxygen atoms in total. The number of halogens is 1. The molecular formula is C25H23ClN2O2. The Labute approximate surface area is 180 Å². The Morgan fingerprint density at radius 1 is 1.00 bits per heavy atom. The van der Waals surface area contributed by atoms with Crippen molar-refractivity contribution in [3.63, 3.8) is 0 Å². The topological polar surface area (TPSA) is 54.1 Å². The second kappa shape index (κ2) is 9.06. The number of benzene rings is 3. The number of hydrogen-bond acceptors (Lipinski definition) is 2. The zero-order valence-electron chi connectivity index (χ0n) is 16.7. The van der Waals surface area contributed by atoms with Crippen LogP contribution in [-0.4, -0.2) is 24.0 Å². The Kier molecular flexibility index (Phi) is 6.05. The molecule has 0 fully saturated rings. The van der Waals surface area contributed by atoms with E-state index in [1.807, 2.05) is 79.9 Å². The molecule has 1 aromatic heterocycles. The maximum Gasteiger partial charge on any atom is 0.257 e. The number of amides is 1. The molecule has 0 unspecified atom stereocenters. The van der Waals surface area contributed by atoms with E-state index in [-0.39, 0.29) is 18.4 Å². The third-order valence-corrected chi connectivity index (χ3v) is 5.58. The van der Waals surface area contributed by atoms with Crippen LogP contribution in [0.15, 0.2) is 79.0 Å². The van der Waals surface area contributed by atoms with E-state index in [1.54, 1.807) is 0 Å². The fraction of sp³-hybridized carbons (Fsp3) is 0.160. The molecule has 30 heavy (non-hydrogen) atoms. The molecule has 4 aromatic rings. The first-order chi connectivity index (χ1) is 14.6. The van der Waals surface area contributed by atoms with Gasteiger partial charge in [-0.15, -0.1) is 0 Å². The van der Waals surface area contributed by atoms with Gasteiger partial charge in [-0.3, -0.25) is 4.79 Å². The summed E-state index contributed by atoms with van der Waals surface area (Å²) in [4.78, 5) is 15.8. The van der Waals surface area contributed by atoms with E-state index in [2.05, 4.69) is 16.4 Å². The quantitative estimate of drug-likeness (QED) is 0.419. The SMILES string of the molecule is Cc1ccccc1OCC(=O)NC[C@H](c1ccccc1Cl)c1c[nH]c2ccccc12. The summed E-state index contributed by atoms with van der Waals surface area (Å²) in [5, 5.41) is 4.81. The minimum atomic E-state index is -0.171. The van der Waals surface area contributed by atoms with Crippen LogP contribution in [0, 0.1) is 6.92 Å². The first-order valence-electron chi connectivity index (χ1n) is 9.89. The van der Waals surface area contributed by atoms with Gasteiger partial charge in [0.1, 0.15) is 5.75 Å². The molecule has 0 saturated carbocycles. The van der Waals surface area contributed by atoms with Crippen molar-refractivity contribution >= 4 is 28.4 Å². The second-order valence-corrected chi connectivity index (χ2v) is 7.63. The Morgan fingerprint density at radius 2 is 1.73 bits per heavy atom. The molecule has 0 radical (unpaired) electrons. The number of aromatic amines is 1. The fourth-order valence-electron chi connectivity index (χ4n) is 3.66. The number of fused-ring (bicyclic) bond motifs is 1. The molecule has 0 spiro atoms. The second-order valence-electron chi connectivity index (χ2n) is 7.22. The molecule has 152 valence electrons. The normalized spacial score (nSPS) is 11.9. The van der Waals surface area contributed by atoms with E-state index in [0.29, 0.717) is 17.3 Å². The molecule has 0 aliphatic rings. The van der Waals surface area contributed by atoms with Gasteiger partial charge in [0.2, 0.25) is 0 Å². The zero-order valence-corrected chi connectivity index (χ0v) is 17.4. The van der Waals surface area contributed by atoms with Gasteiger partial charge in [0, 0.05) is 34.6 Å². The van der Waals surface area contributed by atoms with Crippen LogP contribution in [-0.2, 0) is 4.79 Å². The molecule has 3 aromatic carbocycles. The van der Waals surface area contributed by atoms with Crippen molar-refractivity contribution in [2.24, 2.45) is 0 Å². The van der Waals surface area contributed by atoms with Crippen LogP contribution in [0.3, 0.4) is 0 Å². The van der Waals surface area contributed by atoms with Gasteiger partial charge < -0.3 is 15.0 Å². The molecule has 2 N–H and O–H groups in total. The standard InChI is InChI=1S/C25H23ClN2O2/c1-17-8-2-7-13-24(17)30-16-25(29)28-15-20(18-9-3-5-11-22(18)26)21-14-27-23-12-6-4-10-19(21)23/h2-14,20,27H,15-16H2,1H3,(H,28,29)/t20-/m1/s1. The van der Waals surface area contributed by atoms with Gasteiger partial charge in [-0.2, -0.15) is 0 Å². The van der Waals surface area contributed by atoms with Gasteiger partial charge >= 0.3 is 0 Å². The monoisotopic (exact) mass is 418 g/mol. The van der Waals surface area contributed by atoms with Gasteiger partial charge in [0.25, 0.3) is 5.91 Å². The number of rotatable bonds is 7. The zero-order chi connectivity index (χ0) is 20.9.